The summed E-state index contributed by atoms with van der Waals surface area (Å²) in [5.41, 5.74) is 7.43. The van der Waals surface area contributed by atoms with Gasteiger partial charge in [-0.3, -0.25) is 9.78 Å². The molecule has 2 aromatic heterocycles. The number of H-pyrrole nitrogens is 1. The summed E-state index contributed by atoms with van der Waals surface area (Å²) in [7, 11) is 0. The number of aromatic amines is 1. The number of anilines is 1. The maximum absolute atomic E-state index is 12.4. The number of hydrogen-bond donors (Lipinski definition) is 2. The van der Waals surface area contributed by atoms with Crippen LogP contribution in [0.1, 0.15) is 28.4 Å². The Balaban J connectivity index is 2.58. The third-order valence-corrected chi connectivity index (χ3v) is 3.25. The first-order chi connectivity index (χ1) is 10.1. The fourth-order valence-electron chi connectivity index (χ4n) is 2.31. The number of halogens is 3. The van der Waals surface area contributed by atoms with Gasteiger partial charge in [0, 0.05) is 11.8 Å². The van der Waals surface area contributed by atoms with Gasteiger partial charge in [-0.25, -0.2) is 0 Å². The molecule has 0 saturated heterocycles. The lowest BCUT2D eigenvalue weighted by atomic mass is 10.0. The van der Waals surface area contributed by atoms with E-state index in [1.165, 1.54) is 20.0 Å². The highest BCUT2D eigenvalue weighted by Gasteiger charge is 2.32. The van der Waals surface area contributed by atoms with Gasteiger partial charge in [0.25, 0.3) is 0 Å². The van der Waals surface area contributed by atoms with E-state index in [1.807, 2.05) is 0 Å². The molecule has 8 heteroatoms. The van der Waals surface area contributed by atoms with Crippen molar-refractivity contribution < 1.29 is 22.7 Å². The van der Waals surface area contributed by atoms with Gasteiger partial charge in [0.15, 0.2) is 5.78 Å². The lowest BCUT2D eigenvalue weighted by Crippen LogP contribution is -2.18. The number of Topliss-reactive ketones (excluding diaryl/α,β-unsaturated/α-hetero) is 1. The van der Waals surface area contributed by atoms with Crippen LogP contribution in [-0.2, 0) is 0 Å². The van der Waals surface area contributed by atoms with Crippen molar-refractivity contribution in [3.63, 3.8) is 0 Å². The fraction of sp³-hybridized carbons (Fsp3) is 0.286. The zero-order chi connectivity index (χ0) is 16.7. The summed E-state index contributed by atoms with van der Waals surface area (Å²) in [6.45, 7) is 4.46. The normalized spacial score (nSPS) is 11.5. The van der Waals surface area contributed by atoms with Crippen LogP contribution in [0.3, 0.4) is 0 Å². The van der Waals surface area contributed by atoms with E-state index in [0.717, 1.165) is 6.07 Å². The van der Waals surface area contributed by atoms with Gasteiger partial charge in [-0.1, -0.05) is 0 Å². The maximum Gasteiger partial charge on any atom is 0.573 e. The Bertz CT molecular complexity index is 736. The minimum absolute atomic E-state index is 0.156. The Morgan fingerprint density at radius 2 is 1.95 bits per heavy atom. The van der Waals surface area contributed by atoms with E-state index in [0.29, 0.717) is 16.8 Å². The number of ether oxygens (including phenoxy) is 1. The second kappa shape index (κ2) is 5.36. The van der Waals surface area contributed by atoms with E-state index in [4.69, 9.17) is 5.73 Å². The molecule has 2 heterocycles. The van der Waals surface area contributed by atoms with Crippen molar-refractivity contribution in [3.8, 4) is 17.1 Å². The van der Waals surface area contributed by atoms with E-state index < -0.39 is 6.36 Å². The van der Waals surface area contributed by atoms with Gasteiger partial charge < -0.3 is 15.5 Å². The molecular weight excluding hydrogens is 299 g/mol. The van der Waals surface area contributed by atoms with E-state index >= 15 is 0 Å². The standard InChI is InChI=1S/C14H14F3N3O2/c1-6-9(22-14(15,16)17)4-5-19-11(6)12-7(2)10(8(3)21)13(18)20-12/h4-5,20H,18H2,1-3H3. The largest absolute Gasteiger partial charge is 0.573 e. The van der Waals surface area contributed by atoms with Crippen LogP contribution in [0.15, 0.2) is 12.3 Å². The molecule has 0 aromatic carbocycles. The molecule has 0 fully saturated rings. The van der Waals surface area contributed by atoms with Gasteiger partial charge in [-0.2, -0.15) is 0 Å². The van der Waals surface area contributed by atoms with Gasteiger partial charge >= 0.3 is 6.36 Å². The van der Waals surface area contributed by atoms with Crippen LogP contribution >= 0.6 is 0 Å². The summed E-state index contributed by atoms with van der Waals surface area (Å²) in [4.78, 5) is 18.4. The lowest BCUT2D eigenvalue weighted by molar-refractivity contribution is -0.274. The van der Waals surface area contributed by atoms with Crippen molar-refractivity contribution in [2.45, 2.75) is 27.1 Å². The molecule has 0 unspecified atom stereocenters. The first-order valence-corrected chi connectivity index (χ1v) is 6.32. The molecule has 5 nitrogen and oxygen atoms in total. The van der Waals surface area contributed by atoms with Crippen molar-refractivity contribution in [2.24, 2.45) is 0 Å². The molecule has 0 atom stereocenters. The number of pyridine rings is 1. The van der Waals surface area contributed by atoms with E-state index in [-0.39, 0.29) is 28.6 Å². The van der Waals surface area contributed by atoms with Crippen LogP contribution in [0, 0.1) is 13.8 Å². The summed E-state index contributed by atoms with van der Waals surface area (Å²) in [5, 5.41) is 0. The number of nitrogens with two attached hydrogens (primary N) is 1. The van der Waals surface area contributed by atoms with Crippen molar-refractivity contribution >= 4 is 11.6 Å². The molecule has 0 aliphatic carbocycles. The van der Waals surface area contributed by atoms with Gasteiger partial charge in [-0.15, -0.1) is 13.2 Å². The predicted molar refractivity (Wildman–Crippen MR) is 74.6 cm³/mol. The van der Waals surface area contributed by atoms with Crippen molar-refractivity contribution in [1.29, 1.82) is 0 Å². The number of rotatable bonds is 3. The molecule has 0 saturated carbocycles. The number of carbonyl (C=O) groups is 1. The number of nitrogens with zero attached hydrogens (tertiary/aromatic N) is 1. The van der Waals surface area contributed by atoms with Crippen LogP contribution in [0.2, 0.25) is 0 Å². The number of aromatic nitrogens is 2. The second-order valence-electron chi connectivity index (χ2n) is 4.80. The average molecular weight is 313 g/mol. The van der Waals surface area contributed by atoms with Gasteiger partial charge in [0.05, 0.1) is 17.0 Å². The number of alkyl halides is 3. The highest BCUT2D eigenvalue weighted by Crippen LogP contribution is 2.34. The Hall–Kier alpha value is -2.51. The quantitative estimate of drug-likeness (QED) is 0.851. The zero-order valence-electron chi connectivity index (χ0n) is 12.1. The van der Waals surface area contributed by atoms with Gasteiger partial charge in [-0.05, 0) is 32.4 Å². The first kappa shape index (κ1) is 15.9. The van der Waals surface area contributed by atoms with E-state index in [1.54, 1.807) is 6.92 Å². The third kappa shape index (κ3) is 2.90. The Labute approximate surface area is 124 Å². The summed E-state index contributed by atoms with van der Waals surface area (Å²) in [5.74, 6) is -0.435. The van der Waals surface area contributed by atoms with Crippen molar-refractivity contribution in [1.82, 2.24) is 9.97 Å². The Kier molecular flexibility index (Phi) is 3.87. The first-order valence-electron chi connectivity index (χ1n) is 6.32. The number of carbonyl (C=O) groups excluding carboxylic acids is 1. The summed E-state index contributed by atoms with van der Waals surface area (Å²) < 4.78 is 41.1. The van der Waals surface area contributed by atoms with Crippen LogP contribution in [0.25, 0.3) is 11.4 Å². The topological polar surface area (TPSA) is 81.0 Å². The number of nitrogen functional groups attached to an aromatic ring is 1. The molecule has 2 rings (SSSR count). The molecular formula is C14H14F3N3O2. The van der Waals surface area contributed by atoms with Crippen molar-refractivity contribution in [3.05, 3.63) is 29.0 Å². The fourth-order valence-corrected chi connectivity index (χ4v) is 2.31. The third-order valence-electron chi connectivity index (χ3n) is 3.25. The summed E-state index contributed by atoms with van der Waals surface area (Å²) >= 11 is 0. The number of ketones is 1. The molecule has 0 bridgehead atoms. The average Bonchev–Trinajstić information content (AvgIpc) is 2.65. The van der Waals surface area contributed by atoms with Crippen LogP contribution in [-0.4, -0.2) is 22.1 Å². The molecule has 0 aliphatic rings. The summed E-state index contributed by atoms with van der Waals surface area (Å²) in [6, 6.07) is 1.12. The molecule has 118 valence electrons. The molecule has 0 aliphatic heterocycles. The van der Waals surface area contributed by atoms with Crippen LogP contribution < -0.4 is 10.5 Å². The number of hydrogen-bond acceptors (Lipinski definition) is 4. The Morgan fingerprint density at radius 3 is 2.45 bits per heavy atom. The number of nitrogens with one attached hydrogen (secondary N) is 1. The lowest BCUT2D eigenvalue weighted by Gasteiger charge is -2.13. The predicted octanol–water partition coefficient (Wildman–Crippen LogP) is 3.38. The smallest absolute Gasteiger partial charge is 0.405 e. The molecule has 0 radical (unpaired) electrons. The summed E-state index contributed by atoms with van der Waals surface area (Å²) in [6.07, 6.45) is -3.59. The second-order valence-corrected chi connectivity index (χ2v) is 4.80. The minimum atomic E-state index is -4.79. The highest BCUT2D eigenvalue weighted by atomic mass is 19.4. The molecule has 22 heavy (non-hydrogen) atoms. The molecule has 2 aromatic rings. The maximum atomic E-state index is 12.4. The molecule has 0 spiro atoms. The van der Waals surface area contributed by atoms with Crippen LogP contribution in [0.4, 0.5) is 19.0 Å². The monoisotopic (exact) mass is 313 g/mol. The highest BCUT2D eigenvalue weighted by molar-refractivity contribution is 6.02. The molecule has 3 N–H and O–H groups in total. The van der Waals surface area contributed by atoms with Crippen molar-refractivity contribution in [2.75, 3.05) is 5.73 Å². The molecule has 0 amide bonds. The van der Waals surface area contributed by atoms with Crippen LogP contribution in [0.5, 0.6) is 5.75 Å². The SMILES string of the molecule is CC(=O)c1c(N)[nH]c(-c2nccc(OC(F)(F)F)c2C)c1C. The van der Waals surface area contributed by atoms with E-state index in [9.17, 15) is 18.0 Å². The Morgan fingerprint density at radius 1 is 1.32 bits per heavy atom. The van der Waals surface area contributed by atoms with Gasteiger partial charge in [0.1, 0.15) is 11.6 Å². The van der Waals surface area contributed by atoms with E-state index in [2.05, 4.69) is 14.7 Å². The minimum Gasteiger partial charge on any atom is -0.405 e. The van der Waals surface area contributed by atoms with Gasteiger partial charge in [0.2, 0.25) is 0 Å². The zero-order valence-corrected chi connectivity index (χ0v) is 12.1.